The first-order valence-electron chi connectivity index (χ1n) is 4.17. The Balaban J connectivity index is 2.06. The number of alkyl halides is 1. The minimum absolute atomic E-state index is 0.138. The quantitative estimate of drug-likeness (QED) is 0.727. The van der Waals surface area contributed by atoms with Crippen LogP contribution in [-0.4, -0.2) is 0 Å². The lowest BCUT2D eigenvalue weighted by Gasteiger charge is -2.03. The molecule has 0 amide bonds. The third-order valence-electron chi connectivity index (χ3n) is 1.86. The summed E-state index contributed by atoms with van der Waals surface area (Å²) in [4.78, 5) is 1.25. The molecule has 0 aromatic carbocycles. The molecule has 0 aliphatic carbocycles. The van der Waals surface area contributed by atoms with Crippen LogP contribution in [0.1, 0.15) is 16.0 Å². The summed E-state index contributed by atoms with van der Waals surface area (Å²) < 4.78 is 5.23. The van der Waals surface area contributed by atoms with Crippen LogP contribution in [0.25, 0.3) is 0 Å². The Kier molecular flexibility index (Phi) is 3.16. The van der Waals surface area contributed by atoms with E-state index in [4.69, 9.17) is 27.6 Å². The maximum absolute atomic E-state index is 6.17. The molecule has 4 heteroatoms. The Labute approximate surface area is 96.3 Å². The Morgan fingerprint density at radius 2 is 2.21 bits per heavy atom. The van der Waals surface area contributed by atoms with Crippen LogP contribution in [0, 0.1) is 0 Å². The van der Waals surface area contributed by atoms with Crippen molar-refractivity contribution in [1.29, 1.82) is 0 Å². The Morgan fingerprint density at radius 1 is 1.36 bits per heavy atom. The van der Waals surface area contributed by atoms with Crippen LogP contribution >= 0.6 is 34.5 Å². The van der Waals surface area contributed by atoms with Gasteiger partial charge in [-0.25, -0.2) is 0 Å². The molecule has 0 fully saturated rings. The zero-order chi connectivity index (χ0) is 9.97. The summed E-state index contributed by atoms with van der Waals surface area (Å²) in [6, 6.07) is 7.59. The van der Waals surface area contributed by atoms with Gasteiger partial charge in [0, 0.05) is 11.3 Å². The van der Waals surface area contributed by atoms with E-state index in [1.165, 1.54) is 4.88 Å². The minimum Gasteiger partial charge on any atom is -0.448 e. The third kappa shape index (κ3) is 2.32. The topological polar surface area (TPSA) is 13.1 Å². The highest BCUT2D eigenvalue weighted by Crippen LogP contribution is 2.29. The molecule has 1 nitrogen and oxygen atoms in total. The third-order valence-corrected chi connectivity index (χ3v) is 3.33. The van der Waals surface area contributed by atoms with Crippen molar-refractivity contribution in [3.05, 3.63) is 45.5 Å². The summed E-state index contributed by atoms with van der Waals surface area (Å²) in [6.45, 7) is 0. The van der Waals surface area contributed by atoms with E-state index in [0.717, 1.165) is 12.2 Å². The fourth-order valence-corrected chi connectivity index (χ4v) is 2.48. The van der Waals surface area contributed by atoms with Crippen molar-refractivity contribution in [3.8, 4) is 0 Å². The monoisotopic (exact) mass is 246 g/mol. The van der Waals surface area contributed by atoms with Gasteiger partial charge in [-0.2, -0.15) is 0 Å². The fourth-order valence-electron chi connectivity index (χ4n) is 1.20. The standard InChI is InChI=1S/C10H8Cl2OS/c11-8(6-7-2-1-5-14-7)9-3-4-10(12)13-9/h1-5,8H,6H2. The van der Waals surface area contributed by atoms with Gasteiger partial charge in [-0.1, -0.05) is 6.07 Å². The van der Waals surface area contributed by atoms with Crippen molar-refractivity contribution in [2.45, 2.75) is 11.8 Å². The van der Waals surface area contributed by atoms with Gasteiger partial charge in [0.15, 0.2) is 5.22 Å². The molecular formula is C10H8Cl2OS. The van der Waals surface area contributed by atoms with Gasteiger partial charge in [-0.15, -0.1) is 22.9 Å². The van der Waals surface area contributed by atoms with Gasteiger partial charge in [0.05, 0.1) is 5.38 Å². The van der Waals surface area contributed by atoms with Gasteiger partial charge in [0.1, 0.15) is 5.76 Å². The van der Waals surface area contributed by atoms with Crippen molar-refractivity contribution in [2.24, 2.45) is 0 Å². The van der Waals surface area contributed by atoms with Gasteiger partial charge < -0.3 is 4.42 Å². The summed E-state index contributed by atoms with van der Waals surface area (Å²) in [5, 5.41) is 2.28. The smallest absolute Gasteiger partial charge is 0.193 e. The van der Waals surface area contributed by atoms with Crippen molar-refractivity contribution in [1.82, 2.24) is 0 Å². The number of thiophene rings is 1. The highest BCUT2D eigenvalue weighted by Gasteiger charge is 2.13. The predicted octanol–water partition coefficient (Wildman–Crippen LogP) is 4.52. The first-order valence-corrected chi connectivity index (χ1v) is 5.87. The van der Waals surface area contributed by atoms with Crippen LogP contribution in [0.15, 0.2) is 34.1 Å². The molecule has 0 aliphatic heterocycles. The molecule has 0 aliphatic rings. The lowest BCUT2D eigenvalue weighted by molar-refractivity contribution is 0.505. The summed E-state index contributed by atoms with van der Waals surface area (Å²) >= 11 is 13.5. The normalized spacial score (nSPS) is 13.0. The van der Waals surface area contributed by atoms with Crippen molar-refractivity contribution in [3.63, 3.8) is 0 Å². The first kappa shape index (κ1) is 10.1. The lowest BCUT2D eigenvalue weighted by atomic mass is 10.2. The maximum Gasteiger partial charge on any atom is 0.193 e. The second-order valence-corrected chi connectivity index (χ2v) is 4.82. The Bertz CT molecular complexity index is 394. The number of furan rings is 1. The average molecular weight is 247 g/mol. The van der Waals surface area contributed by atoms with Gasteiger partial charge >= 0.3 is 0 Å². The van der Waals surface area contributed by atoms with Gasteiger partial charge in [-0.3, -0.25) is 0 Å². The van der Waals surface area contributed by atoms with E-state index in [1.807, 2.05) is 17.5 Å². The van der Waals surface area contributed by atoms with Crippen molar-refractivity contribution >= 4 is 34.5 Å². The van der Waals surface area contributed by atoms with E-state index in [0.29, 0.717) is 5.22 Å². The first-order chi connectivity index (χ1) is 6.75. The van der Waals surface area contributed by atoms with Gasteiger partial charge in [0.2, 0.25) is 0 Å². The molecule has 0 spiro atoms. The number of hydrogen-bond donors (Lipinski definition) is 0. The van der Waals surface area contributed by atoms with E-state index in [1.54, 1.807) is 17.4 Å². The second kappa shape index (κ2) is 4.39. The van der Waals surface area contributed by atoms with E-state index < -0.39 is 0 Å². The predicted molar refractivity (Wildman–Crippen MR) is 60.3 cm³/mol. The highest BCUT2D eigenvalue weighted by molar-refractivity contribution is 7.09. The largest absolute Gasteiger partial charge is 0.448 e. The molecule has 1 atom stereocenters. The summed E-state index contributed by atoms with van der Waals surface area (Å²) in [5.41, 5.74) is 0. The molecule has 2 aromatic heterocycles. The van der Waals surface area contributed by atoms with Crippen LogP contribution in [0.3, 0.4) is 0 Å². The number of rotatable bonds is 3. The highest BCUT2D eigenvalue weighted by atomic mass is 35.5. The van der Waals surface area contributed by atoms with Gasteiger partial charge in [0.25, 0.3) is 0 Å². The molecule has 2 aromatic rings. The Hall–Kier alpha value is -0.440. The summed E-state index contributed by atoms with van der Waals surface area (Å²) in [6.07, 6.45) is 0.781. The number of hydrogen-bond acceptors (Lipinski definition) is 2. The summed E-state index contributed by atoms with van der Waals surface area (Å²) in [5.74, 6) is 0.727. The van der Waals surface area contributed by atoms with Crippen LogP contribution in [-0.2, 0) is 6.42 Å². The molecule has 1 unspecified atom stereocenters. The SMILES string of the molecule is Clc1ccc(C(Cl)Cc2cccs2)o1. The Morgan fingerprint density at radius 3 is 2.79 bits per heavy atom. The maximum atomic E-state index is 6.17. The van der Waals surface area contributed by atoms with E-state index in [9.17, 15) is 0 Å². The van der Waals surface area contributed by atoms with E-state index >= 15 is 0 Å². The molecule has 0 saturated carbocycles. The van der Waals surface area contributed by atoms with Gasteiger partial charge in [-0.05, 0) is 35.2 Å². The molecule has 0 saturated heterocycles. The van der Waals surface area contributed by atoms with Crippen LogP contribution < -0.4 is 0 Å². The molecule has 74 valence electrons. The molecular weight excluding hydrogens is 239 g/mol. The molecule has 0 N–H and O–H groups in total. The molecule has 2 heterocycles. The molecule has 2 rings (SSSR count). The second-order valence-electron chi connectivity index (χ2n) is 2.89. The fraction of sp³-hybridized carbons (Fsp3) is 0.200. The van der Waals surface area contributed by atoms with Crippen molar-refractivity contribution in [2.75, 3.05) is 0 Å². The minimum atomic E-state index is -0.138. The zero-order valence-corrected chi connectivity index (χ0v) is 9.57. The van der Waals surface area contributed by atoms with Crippen molar-refractivity contribution < 1.29 is 4.42 Å². The molecule has 0 radical (unpaired) electrons. The zero-order valence-electron chi connectivity index (χ0n) is 7.24. The van der Waals surface area contributed by atoms with E-state index in [2.05, 4.69) is 6.07 Å². The number of halogens is 2. The van der Waals surface area contributed by atoms with E-state index in [-0.39, 0.29) is 5.38 Å². The van der Waals surface area contributed by atoms with Crippen LogP contribution in [0.5, 0.6) is 0 Å². The lowest BCUT2D eigenvalue weighted by Crippen LogP contribution is -1.91. The van der Waals surface area contributed by atoms with Crippen LogP contribution in [0.2, 0.25) is 5.22 Å². The van der Waals surface area contributed by atoms with Crippen LogP contribution in [0.4, 0.5) is 0 Å². The average Bonchev–Trinajstić information content (AvgIpc) is 2.75. The molecule has 14 heavy (non-hydrogen) atoms. The molecule has 0 bridgehead atoms. The summed E-state index contributed by atoms with van der Waals surface area (Å²) in [7, 11) is 0.